The Morgan fingerprint density at radius 2 is 2.00 bits per heavy atom. The molecular formula is C13H18O4. The molecule has 0 unspecified atom stereocenters. The van der Waals surface area contributed by atoms with Gasteiger partial charge < -0.3 is 14.9 Å². The van der Waals surface area contributed by atoms with Crippen molar-refractivity contribution >= 4 is 5.97 Å². The molecule has 2 N–H and O–H groups in total. The minimum atomic E-state index is -1.45. The van der Waals surface area contributed by atoms with Crippen LogP contribution in [0, 0.1) is 0 Å². The third-order valence-electron chi connectivity index (χ3n) is 2.70. The van der Waals surface area contributed by atoms with Gasteiger partial charge in [0.15, 0.2) is 6.10 Å². The molecule has 0 saturated carbocycles. The monoisotopic (exact) mass is 238 g/mol. The lowest BCUT2D eigenvalue weighted by Gasteiger charge is -2.18. The Kier molecular flexibility index (Phi) is 5.66. The Hall–Kier alpha value is -1.39. The van der Waals surface area contributed by atoms with Crippen LogP contribution in [0.15, 0.2) is 30.3 Å². The molecule has 17 heavy (non-hydrogen) atoms. The molecule has 0 spiro atoms. The molecule has 0 aliphatic carbocycles. The third-order valence-corrected chi connectivity index (χ3v) is 2.70. The molecule has 1 rings (SSSR count). The van der Waals surface area contributed by atoms with E-state index in [1.54, 1.807) is 0 Å². The number of rotatable bonds is 7. The highest BCUT2D eigenvalue weighted by Gasteiger charge is 2.24. The highest BCUT2D eigenvalue weighted by molar-refractivity contribution is 5.72. The summed E-state index contributed by atoms with van der Waals surface area (Å²) in [5.74, 6) is -1.24. The first-order chi connectivity index (χ1) is 8.15. The maximum atomic E-state index is 10.6. The van der Waals surface area contributed by atoms with E-state index in [9.17, 15) is 9.90 Å². The van der Waals surface area contributed by atoms with Crippen LogP contribution in [0.2, 0.25) is 0 Å². The van der Waals surface area contributed by atoms with Crippen molar-refractivity contribution in [2.24, 2.45) is 0 Å². The molecule has 0 bridgehead atoms. The summed E-state index contributed by atoms with van der Waals surface area (Å²) in [7, 11) is 1.42. The van der Waals surface area contributed by atoms with E-state index >= 15 is 0 Å². The Morgan fingerprint density at radius 3 is 2.53 bits per heavy atom. The second-order valence-corrected chi connectivity index (χ2v) is 3.94. The van der Waals surface area contributed by atoms with Crippen LogP contribution in [-0.4, -0.2) is 35.5 Å². The maximum Gasteiger partial charge on any atom is 0.335 e. The van der Waals surface area contributed by atoms with Crippen LogP contribution in [0.25, 0.3) is 0 Å². The van der Waals surface area contributed by atoms with Crippen molar-refractivity contribution in [3.8, 4) is 0 Å². The molecule has 94 valence electrons. The lowest BCUT2D eigenvalue weighted by molar-refractivity contribution is -0.154. The van der Waals surface area contributed by atoms with Crippen LogP contribution in [0.3, 0.4) is 0 Å². The molecule has 1 aromatic carbocycles. The maximum absolute atomic E-state index is 10.6. The number of aliphatic hydroxyl groups excluding tert-OH is 1. The van der Waals surface area contributed by atoms with Gasteiger partial charge in [0.1, 0.15) is 0 Å². The number of carboxylic acids is 1. The smallest absolute Gasteiger partial charge is 0.335 e. The van der Waals surface area contributed by atoms with E-state index in [1.807, 2.05) is 30.3 Å². The molecule has 2 atom stereocenters. The number of aliphatic carboxylic acids is 1. The van der Waals surface area contributed by atoms with Gasteiger partial charge in [0.25, 0.3) is 0 Å². The number of ether oxygens (including phenoxy) is 1. The summed E-state index contributed by atoms with van der Waals surface area (Å²) in [6, 6.07) is 9.94. The second-order valence-electron chi connectivity index (χ2n) is 3.94. The zero-order chi connectivity index (χ0) is 12.7. The summed E-state index contributed by atoms with van der Waals surface area (Å²) in [5, 5.41) is 18.0. The predicted octanol–water partition coefficient (Wildman–Crippen LogP) is 1.47. The molecule has 0 aromatic heterocycles. The molecule has 0 fully saturated rings. The molecule has 4 heteroatoms. The van der Waals surface area contributed by atoms with Gasteiger partial charge in [-0.25, -0.2) is 4.79 Å². The lowest BCUT2D eigenvalue weighted by atomic mass is 10.0. The van der Waals surface area contributed by atoms with Crippen molar-refractivity contribution in [2.75, 3.05) is 7.11 Å². The van der Waals surface area contributed by atoms with Gasteiger partial charge in [-0.2, -0.15) is 0 Å². The van der Waals surface area contributed by atoms with Crippen molar-refractivity contribution in [2.45, 2.75) is 31.5 Å². The van der Waals surface area contributed by atoms with E-state index in [0.717, 1.165) is 12.8 Å². The van der Waals surface area contributed by atoms with Gasteiger partial charge in [0.2, 0.25) is 0 Å². The minimum Gasteiger partial charge on any atom is -0.479 e. The van der Waals surface area contributed by atoms with E-state index < -0.39 is 18.2 Å². The zero-order valence-corrected chi connectivity index (χ0v) is 9.87. The van der Waals surface area contributed by atoms with Gasteiger partial charge in [-0.3, -0.25) is 0 Å². The van der Waals surface area contributed by atoms with Crippen LogP contribution in [-0.2, 0) is 16.0 Å². The van der Waals surface area contributed by atoms with Crippen molar-refractivity contribution in [3.63, 3.8) is 0 Å². The van der Waals surface area contributed by atoms with Gasteiger partial charge in [0, 0.05) is 7.11 Å². The largest absolute Gasteiger partial charge is 0.479 e. The fourth-order valence-electron chi connectivity index (χ4n) is 1.72. The number of hydrogen-bond acceptors (Lipinski definition) is 3. The highest BCUT2D eigenvalue weighted by atomic mass is 16.5. The molecule has 0 amide bonds. The highest BCUT2D eigenvalue weighted by Crippen LogP contribution is 2.11. The summed E-state index contributed by atoms with van der Waals surface area (Å²) in [4.78, 5) is 10.6. The summed E-state index contributed by atoms with van der Waals surface area (Å²) < 4.78 is 4.98. The number of aryl methyl sites for hydroxylation is 1. The fraction of sp³-hybridized carbons (Fsp3) is 0.462. The first-order valence-corrected chi connectivity index (χ1v) is 5.62. The Morgan fingerprint density at radius 1 is 1.35 bits per heavy atom. The summed E-state index contributed by atoms with van der Waals surface area (Å²) in [5.41, 5.74) is 1.20. The molecule has 0 aliphatic rings. The molecule has 1 aromatic rings. The fourth-order valence-corrected chi connectivity index (χ4v) is 1.72. The number of methoxy groups -OCH3 is 1. The average Bonchev–Trinajstić information content (AvgIpc) is 2.35. The normalized spacial score (nSPS) is 14.2. The molecule has 0 aliphatic heterocycles. The van der Waals surface area contributed by atoms with Crippen molar-refractivity contribution in [1.29, 1.82) is 0 Å². The topological polar surface area (TPSA) is 66.8 Å². The van der Waals surface area contributed by atoms with Crippen molar-refractivity contribution in [1.82, 2.24) is 0 Å². The summed E-state index contributed by atoms with van der Waals surface area (Å²) in [6.07, 6.45) is 0.0747. The molecule has 0 heterocycles. The number of aliphatic hydroxyl groups is 1. The Labute approximate surface area is 101 Å². The second kappa shape index (κ2) is 7.04. The number of benzene rings is 1. The van der Waals surface area contributed by atoms with E-state index in [4.69, 9.17) is 9.84 Å². The molecule has 0 saturated heterocycles. The average molecular weight is 238 g/mol. The third kappa shape index (κ3) is 4.54. The first-order valence-electron chi connectivity index (χ1n) is 5.62. The van der Waals surface area contributed by atoms with Crippen LogP contribution in [0.4, 0.5) is 0 Å². The SMILES string of the molecule is CO[C@@H](CCCc1ccccc1)[C@H](O)C(=O)O. The van der Waals surface area contributed by atoms with Gasteiger partial charge >= 0.3 is 5.97 Å². The quantitative estimate of drug-likeness (QED) is 0.755. The number of carboxylic acid groups (broad SMARTS) is 1. The van der Waals surface area contributed by atoms with Gasteiger partial charge in [-0.1, -0.05) is 30.3 Å². The lowest BCUT2D eigenvalue weighted by Crippen LogP contribution is -2.35. The standard InChI is InChI=1S/C13H18O4/c1-17-11(12(14)13(15)16)9-5-8-10-6-3-2-4-7-10/h2-4,6-7,11-12,14H,5,8-9H2,1H3,(H,15,16)/t11-,12-/m0/s1. The first kappa shape index (κ1) is 13.7. The minimum absolute atomic E-state index is 0.527. The van der Waals surface area contributed by atoms with Gasteiger partial charge in [0.05, 0.1) is 6.10 Å². The van der Waals surface area contributed by atoms with Crippen LogP contribution in [0.5, 0.6) is 0 Å². The summed E-state index contributed by atoms with van der Waals surface area (Å²) >= 11 is 0. The summed E-state index contributed by atoms with van der Waals surface area (Å²) in [6.45, 7) is 0. The van der Waals surface area contributed by atoms with Crippen LogP contribution in [0.1, 0.15) is 18.4 Å². The number of carbonyl (C=O) groups is 1. The molecular weight excluding hydrogens is 220 g/mol. The molecule has 4 nitrogen and oxygen atoms in total. The Bertz CT molecular complexity index is 337. The molecule has 0 radical (unpaired) electrons. The van der Waals surface area contributed by atoms with Crippen LogP contribution >= 0.6 is 0 Å². The Balaban J connectivity index is 2.36. The number of hydrogen-bond donors (Lipinski definition) is 2. The van der Waals surface area contributed by atoms with Gasteiger partial charge in [-0.05, 0) is 24.8 Å². The van der Waals surface area contributed by atoms with Crippen molar-refractivity contribution < 1.29 is 19.7 Å². The predicted molar refractivity (Wildman–Crippen MR) is 63.8 cm³/mol. The van der Waals surface area contributed by atoms with Crippen molar-refractivity contribution in [3.05, 3.63) is 35.9 Å². The van der Waals surface area contributed by atoms with E-state index in [-0.39, 0.29) is 0 Å². The zero-order valence-electron chi connectivity index (χ0n) is 9.87. The van der Waals surface area contributed by atoms with E-state index in [2.05, 4.69) is 0 Å². The van der Waals surface area contributed by atoms with E-state index in [1.165, 1.54) is 12.7 Å². The van der Waals surface area contributed by atoms with Gasteiger partial charge in [-0.15, -0.1) is 0 Å². The van der Waals surface area contributed by atoms with E-state index in [0.29, 0.717) is 6.42 Å². The van der Waals surface area contributed by atoms with Crippen LogP contribution < -0.4 is 0 Å².